The Morgan fingerprint density at radius 3 is 2.19 bits per heavy atom. The lowest BCUT2D eigenvalue weighted by atomic mass is 10.0. The Hall–Kier alpha value is -6.12. The zero-order valence-corrected chi connectivity index (χ0v) is 34.0. The third-order valence-electron chi connectivity index (χ3n) is 9.76. The lowest BCUT2D eigenvalue weighted by Crippen LogP contribution is -2.60. The molecule has 0 spiro atoms. The van der Waals surface area contributed by atoms with Gasteiger partial charge in [0.2, 0.25) is 23.6 Å². The fraction of sp³-hybridized carbons (Fsp3) is 0.568. The predicted octanol–water partition coefficient (Wildman–Crippen LogP) is -4.89. The first-order valence-electron chi connectivity index (χ1n) is 19.8. The Bertz CT molecular complexity index is 1860. The first-order chi connectivity index (χ1) is 29.5. The number of aromatic nitrogens is 3. The zero-order chi connectivity index (χ0) is 45.9. The highest BCUT2D eigenvalue weighted by Crippen LogP contribution is 2.20. The molecular weight excluding hydrogens is 820 g/mol. The molecule has 1 aliphatic rings. The SMILES string of the molecule is CC[C@@H](O)[C@@H](O)[C@@H](O)c1cn([C@@H](CO)C(=O)NCCCC[C@@H]2NC(=O)[C@@H](Cc3ccc(O)cc3)NN[C@@H](CC(=O)O)C(=O)N(CC=O)C(=O)[C@H](CCCN=C(N)N)NC2=O)nn1. The van der Waals surface area contributed by atoms with E-state index in [9.17, 15) is 64.2 Å². The number of phenols is 1. The number of nitrogens with two attached hydrogens (primary N) is 2. The third-order valence-corrected chi connectivity index (χ3v) is 9.76. The lowest BCUT2D eigenvalue weighted by Gasteiger charge is -2.29. The molecule has 15 N–H and O–H groups in total. The summed E-state index contributed by atoms with van der Waals surface area (Å²) < 4.78 is 0.978. The molecule has 0 aliphatic carbocycles. The van der Waals surface area contributed by atoms with Crippen molar-refractivity contribution in [2.75, 3.05) is 26.2 Å². The Labute approximate surface area is 355 Å². The van der Waals surface area contributed by atoms with E-state index in [1.165, 1.54) is 24.3 Å². The van der Waals surface area contributed by atoms with E-state index in [0.29, 0.717) is 10.5 Å². The molecule has 25 heteroatoms. The number of aliphatic imine (C=N–C) groups is 1. The molecule has 1 saturated heterocycles. The molecule has 0 radical (unpaired) electrons. The van der Waals surface area contributed by atoms with Crippen molar-refractivity contribution in [1.29, 1.82) is 0 Å². The molecule has 342 valence electrons. The molecule has 2 aromatic rings. The first-order valence-corrected chi connectivity index (χ1v) is 19.8. The number of imide groups is 1. The third kappa shape index (κ3) is 15.1. The Kier molecular flexibility index (Phi) is 20.2. The smallest absolute Gasteiger partial charge is 0.305 e. The Balaban J connectivity index is 1.86. The fourth-order valence-electron chi connectivity index (χ4n) is 6.26. The second-order valence-electron chi connectivity index (χ2n) is 14.4. The van der Waals surface area contributed by atoms with Crippen LogP contribution < -0.4 is 38.3 Å². The van der Waals surface area contributed by atoms with Crippen LogP contribution in [0, 0.1) is 0 Å². The van der Waals surface area contributed by atoms with Crippen molar-refractivity contribution in [1.82, 2.24) is 46.7 Å². The van der Waals surface area contributed by atoms with Crippen LogP contribution in [0.15, 0.2) is 35.5 Å². The van der Waals surface area contributed by atoms with Gasteiger partial charge >= 0.3 is 5.97 Å². The number of rotatable bonds is 22. The second-order valence-corrected chi connectivity index (χ2v) is 14.4. The van der Waals surface area contributed by atoms with Crippen molar-refractivity contribution >= 4 is 47.8 Å². The summed E-state index contributed by atoms with van der Waals surface area (Å²) in [6.07, 6.45) is -3.68. The average Bonchev–Trinajstić information content (AvgIpc) is 3.73. The number of nitrogens with one attached hydrogen (secondary N) is 5. The van der Waals surface area contributed by atoms with Crippen LogP contribution in [-0.2, 0) is 40.0 Å². The van der Waals surface area contributed by atoms with Crippen LogP contribution in [0.5, 0.6) is 5.75 Å². The maximum atomic E-state index is 14.0. The highest BCUT2D eigenvalue weighted by Gasteiger charge is 2.37. The summed E-state index contributed by atoms with van der Waals surface area (Å²) in [5.74, 6) is -6.31. The van der Waals surface area contributed by atoms with Crippen LogP contribution >= 0.6 is 0 Å². The normalized spacial score (nSPS) is 20.9. The molecule has 25 nitrogen and oxygen atoms in total. The molecular formula is C37H56N12O13. The summed E-state index contributed by atoms with van der Waals surface area (Å²) in [5, 5.41) is 75.1. The van der Waals surface area contributed by atoms with Gasteiger partial charge < -0.3 is 62.9 Å². The molecule has 1 aromatic carbocycles. The number of hydrogen-bond donors (Lipinski definition) is 13. The number of aliphatic hydroxyl groups excluding tert-OH is 4. The number of aldehydes is 1. The summed E-state index contributed by atoms with van der Waals surface area (Å²) in [4.78, 5) is 96.7. The van der Waals surface area contributed by atoms with Crippen LogP contribution in [0.3, 0.4) is 0 Å². The van der Waals surface area contributed by atoms with Gasteiger partial charge in [-0.2, -0.15) is 0 Å². The number of nitrogens with zero attached hydrogens (tertiary/aromatic N) is 5. The van der Waals surface area contributed by atoms with E-state index in [4.69, 9.17) is 11.5 Å². The van der Waals surface area contributed by atoms with Crippen LogP contribution in [0.25, 0.3) is 0 Å². The van der Waals surface area contributed by atoms with Crippen molar-refractivity contribution in [3.8, 4) is 5.75 Å². The van der Waals surface area contributed by atoms with E-state index in [1.807, 2.05) is 0 Å². The van der Waals surface area contributed by atoms with Crippen molar-refractivity contribution in [3.05, 3.63) is 41.7 Å². The first kappa shape index (κ1) is 50.2. The van der Waals surface area contributed by atoms with Gasteiger partial charge in [-0.25, -0.2) is 15.5 Å². The van der Waals surface area contributed by atoms with E-state index in [1.54, 1.807) is 6.92 Å². The molecule has 8 atom stereocenters. The van der Waals surface area contributed by atoms with Gasteiger partial charge in [0.1, 0.15) is 54.1 Å². The van der Waals surface area contributed by atoms with Gasteiger partial charge in [-0.3, -0.25) is 38.7 Å². The van der Waals surface area contributed by atoms with Gasteiger partial charge in [0.15, 0.2) is 12.0 Å². The van der Waals surface area contributed by atoms with Crippen LogP contribution in [0.1, 0.15) is 75.3 Å². The van der Waals surface area contributed by atoms with Crippen molar-refractivity contribution in [3.63, 3.8) is 0 Å². The zero-order valence-electron chi connectivity index (χ0n) is 34.0. The van der Waals surface area contributed by atoms with Crippen molar-refractivity contribution in [2.24, 2.45) is 16.5 Å². The fourth-order valence-corrected chi connectivity index (χ4v) is 6.26. The van der Waals surface area contributed by atoms with Crippen LogP contribution in [0.4, 0.5) is 0 Å². The number of unbranched alkanes of at least 4 members (excludes halogenated alkanes) is 1. The minimum absolute atomic E-state index is 0.00219. The van der Waals surface area contributed by atoms with Gasteiger partial charge in [-0.15, -0.1) is 5.10 Å². The second kappa shape index (κ2) is 25.0. The summed E-state index contributed by atoms with van der Waals surface area (Å²) in [6, 6.07) is -1.35. The number of carboxylic acid groups (broad SMARTS) is 1. The van der Waals surface area contributed by atoms with E-state index in [-0.39, 0.29) is 81.7 Å². The highest BCUT2D eigenvalue weighted by molar-refractivity contribution is 6.04. The summed E-state index contributed by atoms with van der Waals surface area (Å²) in [7, 11) is 0. The molecule has 2 heterocycles. The minimum atomic E-state index is -1.69. The monoisotopic (exact) mass is 876 g/mol. The molecule has 1 aromatic heterocycles. The van der Waals surface area contributed by atoms with Crippen LogP contribution in [0.2, 0.25) is 0 Å². The Morgan fingerprint density at radius 2 is 1.56 bits per heavy atom. The standard InChI is InChI=1S/C37H56N12O13/c1-2-28(53)31(57)30(56)26-18-49(47-46-26)27(19-51)34(60)40-12-4-3-6-22-32(58)43-23(7-5-13-41-37(38)39)35(61)48(14-15-50)36(62)25(17-29(54)55)45-44-24(33(59)42-22)16-20-8-10-21(52)11-9-20/h8-11,15,18,22-25,27-28,30-31,44-45,51-53,56-57H,2-7,12-14,16-17,19H2,1H3,(H,40,60)(H,42,59)(H,43,58)(H,54,55)(H4,38,39,41)/t22-,23-,24+,25-,27-,28+,30-,31+/m0/s1. The summed E-state index contributed by atoms with van der Waals surface area (Å²) >= 11 is 0. The maximum Gasteiger partial charge on any atom is 0.305 e. The number of amides is 5. The molecule has 0 unspecified atom stereocenters. The number of hydrazine groups is 1. The van der Waals surface area contributed by atoms with Gasteiger partial charge in [-0.1, -0.05) is 24.3 Å². The quantitative estimate of drug-likeness (QED) is 0.0173. The topological polar surface area (TPSA) is 399 Å². The molecule has 3 rings (SSSR count). The Morgan fingerprint density at radius 1 is 0.935 bits per heavy atom. The number of benzene rings is 1. The number of aliphatic carboxylic acids is 1. The average molecular weight is 877 g/mol. The molecule has 0 saturated carbocycles. The summed E-state index contributed by atoms with van der Waals surface area (Å²) in [5.41, 5.74) is 16.4. The lowest BCUT2D eigenvalue weighted by molar-refractivity contribution is -0.152. The number of carbonyl (C=O) groups is 7. The van der Waals surface area contributed by atoms with Gasteiger partial charge in [-0.05, 0) is 62.6 Å². The minimum Gasteiger partial charge on any atom is -0.508 e. The summed E-state index contributed by atoms with van der Waals surface area (Å²) in [6.45, 7) is 0.0653. The molecule has 5 amide bonds. The largest absolute Gasteiger partial charge is 0.508 e. The highest BCUT2D eigenvalue weighted by atomic mass is 16.4. The predicted molar refractivity (Wildman–Crippen MR) is 215 cm³/mol. The molecule has 1 aliphatic heterocycles. The number of aromatic hydroxyl groups is 1. The number of carbonyl (C=O) groups excluding carboxylic acids is 6. The van der Waals surface area contributed by atoms with E-state index in [2.05, 4.69) is 42.1 Å². The van der Waals surface area contributed by atoms with Crippen molar-refractivity contribution < 1.29 is 64.2 Å². The van der Waals surface area contributed by atoms with Gasteiger partial charge in [0.05, 0.1) is 31.9 Å². The maximum absolute atomic E-state index is 14.0. The number of aliphatic hydroxyl groups is 4. The van der Waals surface area contributed by atoms with Gasteiger partial charge in [0, 0.05) is 13.1 Å². The number of guanidine groups is 1. The van der Waals surface area contributed by atoms with E-state index in [0.717, 1.165) is 10.9 Å². The molecule has 0 bridgehead atoms. The van der Waals surface area contributed by atoms with Crippen LogP contribution in [-0.4, -0.2) is 161 Å². The molecule has 1 fully saturated rings. The van der Waals surface area contributed by atoms with Crippen molar-refractivity contribution in [2.45, 2.75) is 107 Å². The molecule has 62 heavy (non-hydrogen) atoms. The number of hydrogen-bond acceptors (Lipinski definition) is 17. The van der Waals surface area contributed by atoms with Gasteiger partial charge in [0.25, 0.3) is 5.91 Å². The van der Waals surface area contributed by atoms with E-state index >= 15 is 0 Å². The number of carboxylic acids is 1. The van der Waals surface area contributed by atoms with E-state index < -0.39 is 104 Å². The number of phenolic OH excluding ortho intramolecular Hbond substituents is 1.